The number of Topliss-reactive ketones (excluding diaryl/α,β-unsaturated/α-hetero) is 1. The van der Waals surface area contributed by atoms with Crippen molar-refractivity contribution in [2.45, 2.75) is 25.7 Å². The number of aromatic nitrogens is 2. The zero-order valence-electron chi connectivity index (χ0n) is 23.0. The van der Waals surface area contributed by atoms with Gasteiger partial charge in [0.05, 0.1) is 16.4 Å². The van der Waals surface area contributed by atoms with Gasteiger partial charge in [0.15, 0.2) is 5.78 Å². The zero-order valence-corrected chi connectivity index (χ0v) is 23.0. The number of carbonyl (C=O) groups is 2. The average molecular weight is 549 g/mol. The van der Waals surface area contributed by atoms with E-state index in [4.69, 9.17) is 4.42 Å². The summed E-state index contributed by atoms with van der Waals surface area (Å²) in [6.45, 7) is 5.06. The molecule has 0 spiro atoms. The smallest absolute Gasteiger partial charge is 0.255 e. The molecular formula is C33H29FN4O3. The highest BCUT2D eigenvalue weighted by Crippen LogP contribution is 2.40. The molecular weight excluding hydrogens is 519 g/mol. The Bertz CT molecular complexity index is 1790. The topological polar surface area (TPSA) is 97.1 Å². The molecule has 1 saturated heterocycles. The molecule has 1 fully saturated rings. The molecule has 7 nitrogen and oxygen atoms in total. The number of fused-ring (bicyclic) bond motifs is 1. The lowest BCUT2D eigenvalue weighted by Gasteiger charge is -2.40. The molecule has 8 heteroatoms. The van der Waals surface area contributed by atoms with Crippen LogP contribution in [0.5, 0.6) is 0 Å². The molecule has 0 aliphatic carbocycles. The highest BCUT2D eigenvalue weighted by molar-refractivity contribution is 6.12. The van der Waals surface area contributed by atoms with Crippen LogP contribution in [0.3, 0.4) is 0 Å². The van der Waals surface area contributed by atoms with Gasteiger partial charge in [-0.3, -0.25) is 9.59 Å². The second-order valence-corrected chi connectivity index (χ2v) is 10.6. The van der Waals surface area contributed by atoms with E-state index in [-0.39, 0.29) is 34.3 Å². The van der Waals surface area contributed by atoms with Gasteiger partial charge in [0.2, 0.25) is 0 Å². The number of nitrogens with one attached hydrogen (secondary N) is 2. The number of benzene rings is 3. The first kappa shape index (κ1) is 26.5. The van der Waals surface area contributed by atoms with Crippen molar-refractivity contribution in [1.29, 1.82) is 0 Å². The summed E-state index contributed by atoms with van der Waals surface area (Å²) in [4.78, 5) is 35.4. The van der Waals surface area contributed by atoms with Crippen molar-refractivity contribution in [3.8, 4) is 22.5 Å². The summed E-state index contributed by atoms with van der Waals surface area (Å²) in [5, 5.41) is 5.97. The number of rotatable bonds is 7. The van der Waals surface area contributed by atoms with Gasteiger partial charge in [0.1, 0.15) is 23.0 Å². The molecule has 1 aliphatic heterocycles. The monoisotopic (exact) mass is 548 g/mol. The second-order valence-electron chi connectivity index (χ2n) is 10.6. The predicted octanol–water partition coefficient (Wildman–Crippen LogP) is 5.79. The van der Waals surface area contributed by atoms with E-state index in [0.29, 0.717) is 41.4 Å². The third kappa shape index (κ3) is 4.60. The van der Waals surface area contributed by atoms with E-state index in [0.717, 1.165) is 11.1 Å². The van der Waals surface area contributed by atoms with Gasteiger partial charge in [-0.2, -0.15) is 0 Å². The number of ketones is 1. The Morgan fingerprint density at radius 1 is 1.00 bits per heavy atom. The Labute approximate surface area is 236 Å². The summed E-state index contributed by atoms with van der Waals surface area (Å²) in [7, 11) is 1.51. The van der Waals surface area contributed by atoms with E-state index >= 15 is 4.39 Å². The standard InChI is InChI=1S/C33H29FN4O3/c1-19-5-8-21(9-6-19)30-28(31(40)35-3)27-26(41-30)12-11-23(29(27)34)24-15-22(10-7-20(24)2)25(39)16-33(17-36-18-33)32-37-13-4-14-38-32/h4-15,36H,16-18H2,1-3H3,(H,35,40). The average Bonchev–Trinajstić information content (AvgIpc) is 3.36. The molecule has 206 valence electrons. The van der Waals surface area contributed by atoms with Crippen molar-refractivity contribution in [2.75, 3.05) is 20.1 Å². The van der Waals surface area contributed by atoms with E-state index < -0.39 is 17.1 Å². The first-order chi connectivity index (χ1) is 19.8. The van der Waals surface area contributed by atoms with Crippen LogP contribution in [-0.2, 0) is 5.41 Å². The molecule has 0 atom stereocenters. The Balaban J connectivity index is 1.42. The van der Waals surface area contributed by atoms with E-state index in [2.05, 4.69) is 20.6 Å². The first-order valence-electron chi connectivity index (χ1n) is 13.5. The van der Waals surface area contributed by atoms with Gasteiger partial charge in [0.25, 0.3) is 5.91 Å². The number of nitrogens with zero attached hydrogens (tertiary/aromatic N) is 2. The van der Waals surface area contributed by atoms with Crippen LogP contribution in [0.4, 0.5) is 4.39 Å². The number of halogens is 1. The van der Waals surface area contributed by atoms with Crippen molar-refractivity contribution >= 4 is 22.7 Å². The maximum atomic E-state index is 16.4. The fraction of sp³-hybridized carbons (Fsp3) is 0.212. The van der Waals surface area contributed by atoms with Crippen LogP contribution in [0, 0.1) is 19.7 Å². The van der Waals surface area contributed by atoms with Gasteiger partial charge in [-0.25, -0.2) is 14.4 Å². The quantitative estimate of drug-likeness (QED) is 0.250. The minimum absolute atomic E-state index is 0.0716. The summed E-state index contributed by atoms with van der Waals surface area (Å²) < 4.78 is 22.5. The van der Waals surface area contributed by atoms with Crippen LogP contribution in [0.2, 0.25) is 0 Å². The molecule has 2 N–H and O–H groups in total. The SMILES string of the molecule is CNC(=O)c1c(-c2ccc(C)cc2)oc2ccc(-c3cc(C(=O)CC4(c5ncccn5)CNC4)ccc3C)c(F)c12. The summed E-state index contributed by atoms with van der Waals surface area (Å²) >= 11 is 0. The van der Waals surface area contributed by atoms with Gasteiger partial charge >= 0.3 is 0 Å². The van der Waals surface area contributed by atoms with Crippen molar-refractivity contribution in [3.05, 3.63) is 107 Å². The van der Waals surface area contributed by atoms with E-state index in [9.17, 15) is 9.59 Å². The van der Waals surface area contributed by atoms with Crippen LogP contribution < -0.4 is 10.6 Å². The lowest BCUT2D eigenvalue weighted by Crippen LogP contribution is -2.58. The molecule has 0 saturated carbocycles. The molecule has 5 aromatic rings. The second kappa shape index (κ2) is 10.4. The summed E-state index contributed by atoms with van der Waals surface area (Å²) in [6.07, 6.45) is 3.60. The molecule has 6 rings (SSSR count). The predicted molar refractivity (Wildman–Crippen MR) is 155 cm³/mol. The third-order valence-electron chi connectivity index (χ3n) is 7.88. The van der Waals surface area contributed by atoms with Gasteiger partial charge < -0.3 is 15.1 Å². The van der Waals surface area contributed by atoms with Gasteiger partial charge in [-0.1, -0.05) is 42.0 Å². The number of carbonyl (C=O) groups excluding carboxylic acids is 2. The largest absolute Gasteiger partial charge is 0.455 e. The molecule has 1 amide bonds. The fourth-order valence-electron chi connectivity index (χ4n) is 5.47. The van der Waals surface area contributed by atoms with Crippen molar-refractivity contribution in [2.24, 2.45) is 0 Å². The van der Waals surface area contributed by atoms with Gasteiger partial charge in [-0.15, -0.1) is 0 Å². The van der Waals surface area contributed by atoms with E-state index in [1.807, 2.05) is 44.2 Å². The number of hydrogen-bond donors (Lipinski definition) is 2. The van der Waals surface area contributed by atoms with Crippen molar-refractivity contribution in [1.82, 2.24) is 20.6 Å². The fourth-order valence-corrected chi connectivity index (χ4v) is 5.47. The minimum atomic E-state index is -0.576. The molecule has 41 heavy (non-hydrogen) atoms. The van der Waals surface area contributed by atoms with E-state index in [1.165, 1.54) is 7.05 Å². The molecule has 3 aromatic carbocycles. The van der Waals surface area contributed by atoms with Crippen molar-refractivity contribution < 1.29 is 18.4 Å². The van der Waals surface area contributed by atoms with Crippen LogP contribution >= 0.6 is 0 Å². The summed E-state index contributed by atoms with van der Waals surface area (Å²) in [5.74, 6) is -0.148. The van der Waals surface area contributed by atoms with Crippen LogP contribution in [0.1, 0.15) is 44.1 Å². The number of furan rings is 1. The maximum absolute atomic E-state index is 16.4. The Kier molecular flexibility index (Phi) is 6.71. The molecule has 2 aromatic heterocycles. The Morgan fingerprint density at radius 2 is 1.73 bits per heavy atom. The lowest BCUT2D eigenvalue weighted by atomic mass is 9.75. The van der Waals surface area contributed by atoms with E-state index in [1.54, 1.807) is 42.7 Å². The summed E-state index contributed by atoms with van der Waals surface area (Å²) in [6, 6.07) is 17.9. The van der Waals surface area contributed by atoms with Crippen molar-refractivity contribution in [3.63, 3.8) is 0 Å². The lowest BCUT2D eigenvalue weighted by molar-refractivity contribution is 0.0914. The highest BCUT2D eigenvalue weighted by atomic mass is 19.1. The summed E-state index contributed by atoms with van der Waals surface area (Å²) in [5.41, 5.74) is 3.81. The molecule has 1 aliphatic rings. The van der Waals surface area contributed by atoms with Crippen LogP contribution in [0.15, 0.2) is 77.5 Å². The Morgan fingerprint density at radius 3 is 2.39 bits per heavy atom. The number of aryl methyl sites for hydroxylation is 2. The number of hydrogen-bond acceptors (Lipinski definition) is 6. The maximum Gasteiger partial charge on any atom is 0.255 e. The van der Waals surface area contributed by atoms with Gasteiger partial charge in [-0.05, 0) is 49.2 Å². The molecule has 3 heterocycles. The molecule has 0 radical (unpaired) electrons. The van der Waals surface area contributed by atoms with Crippen LogP contribution in [0.25, 0.3) is 33.4 Å². The van der Waals surface area contributed by atoms with Gasteiger partial charge in [0, 0.05) is 55.6 Å². The van der Waals surface area contributed by atoms with Crippen LogP contribution in [-0.4, -0.2) is 41.8 Å². The zero-order chi connectivity index (χ0) is 28.7. The third-order valence-corrected chi connectivity index (χ3v) is 7.88. The molecule has 0 bridgehead atoms. The normalized spacial score (nSPS) is 14.0. The number of amides is 1. The highest BCUT2D eigenvalue weighted by Gasteiger charge is 2.43. The first-order valence-corrected chi connectivity index (χ1v) is 13.5. The Hall–Kier alpha value is -4.69. The minimum Gasteiger partial charge on any atom is -0.455 e. The molecule has 0 unspecified atom stereocenters.